The molecule has 5 N–H and O–H groups in total. The van der Waals surface area contributed by atoms with Gasteiger partial charge in [-0.05, 0) is 35.9 Å². The molecule has 3 aromatic heterocycles. The number of amides is 1. The fraction of sp³-hybridized carbons (Fsp3) is 0.294. The van der Waals surface area contributed by atoms with Crippen LogP contribution in [0.5, 0.6) is 0 Å². The van der Waals surface area contributed by atoms with Crippen LogP contribution in [-0.4, -0.2) is 41.2 Å². The van der Waals surface area contributed by atoms with Gasteiger partial charge in [-0.1, -0.05) is 0 Å². The molecule has 1 aliphatic heterocycles. The van der Waals surface area contributed by atoms with E-state index in [-0.39, 0.29) is 6.04 Å². The third kappa shape index (κ3) is 3.13. The molecule has 6 nitrogen and oxygen atoms in total. The number of piperidine rings is 1. The minimum Gasteiger partial charge on any atom is -0.390 e. The molecule has 1 amide bonds. The molecule has 0 bridgehead atoms. The van der Waals surface area contributed by atoms with Crippen LogP contribution in [0.15, 0.2) is 29.1 Å². The standard InChI is InChI=1S/C17H18N4O2S2/c18-16(23)11-6-20-17(21-12-1-3-19-7-13(12)22)10-5-14(25-15(10)11)9-2-4-24-8-9/h2,4-6,8,12-13,19,22H,1,3,7H2,(H2,18,23)(H,20,21). The molecule has 2 atom stereocenters. The highest BCUT2D eigenvalue weighted by atomic mass is 32.1. The topological polar surface area (TPSA) is 100 Å². The highest BCUT2D eigenvalue weighted by Gasteiger charge is 2.24. The summed E-state index contributed by atoms with van der Waals surface area (Å²) in [6.07, 6.45) is 1.86. The van der Waals surface area contributed by atoms with Crippen molar-refractivity contribution in [1.29, 1.82) is 0 Å². The van der Waals surface area contributed by atoms with Crippen molar-refractivity contribution in [3.8, 4) is 10.4 Å². The van der Waals surface area contributed by atoms with E-state index in [0.29, 0.717) is 17.9 Å². The Morgan fingerprint density at radius 1 is 1.48 bits per heavy atom. The monoisotopic (exact) mass is 374 g/mol. The quantitative estimate of drug-likeness (QED) is 0.561. The average Bonchev–Trinajstić information content (AvgIpc) is 3.26. The molecule has 1 aliphatic rings. The van der Waals surface area contributed by atoms with Gasteiger partial charge in [0.15, 0.2) is 0 Å². The van der Waals surface area contributed by atoms with Crippen molar-refractivity contribution in [2.24, 2.45) is 5.73 Å². The minimum absolute atomic E-state index is 0.0686. The molecule has 0 aromatic carbocycles. The Labute approximate surface area is 152 Å². The Kier molecular flexibility index (Phi) is 4.43. The van der Waals surface area contributed by atoms with Crippen molar-refractivity contribution >= 4 is 44.5 Å². The van der Waals surface area contributed by atoms with Crippen molar-refractivity contribution in [1.82, 2.24) is 10.3 Å². The summed E-state index contributed by atoms with van der Waals surface area (Å²) in [6.45, 7) is 1.41. The normalized spacial score (nSPS) is 20.7. The molecule has 25 heavy (non-hydrogen) atoms. The van der Waals surface area contributed by atoms with E-state index in [2.05, 4.69) is 27.1 Å². The highest BCUT2D eigenvalue weighted by Crippen LogP contribution is 2.39. The summed E-state index contributed by atoms with van der Waals surface area (Å²) in [5, 5.41) is 21.7. The number of pyridine rings is 1. The SMILES string of the molecule is NC(=O)c1cnc(NC2CCNCC2O)c2cc(-c3ccsc3)sc12. The summed E-state index contributed by atoms with van der Waals surface area (Å²) in [7, 11) is 0. The Balaban J connectivity index is 1.79. The number of aliphatic hydroxyl groups is 1. The van der Waals surface area contributed by atoms with Gasteiger partial charge in [0, 0.05) is 28.6 Å². The van der Waals surface area contributed by atoms with Gasteiger partial charge in [0.2, 0.25) is 0 Å². The van der Waals surface area contributed by atoms with Crippen LogP contribution in [-0.2, 0) is 0 Å². The molecule has 3 aromatic rings. The lowest BCUT2D eigenvalue weighted by Gasteiger charge is -2.29. The predicted molar refractivity (Wildman–Crippen MR) is 102 cm³/mol. The summed E-state index contributed by atoms with van der Waals surface area (Å²) >= 11 is 3.17. The second-order valence-electron chi connectivity index (χ2n) is 6.06. The van der Waals surface area contributed by atoms with Crippen LogP contribution in [0.3, 0.4) is 0 Å². The second kappa shape index (κ2) is 6.72. The van der Waals surface area contributed by atoms with Crippen molar-refractivity contribution in [3.63, 3.8) is 0 Å². The zero-order valence-electron chi connectivity index (χ0n) is 13.4. The van der Waals surface area contributed by atoms with E-state index in [4.69, 9.17) is 5.73 Å². The number of rotatable bonds is 4. The molecule has 130 valence electrons. The Morgan fingerprint density at radius 3 is 3.08 bits per heavy atom. The fourth-order valence-electron chi connectivity index (χ4n) is 3.05. The number of primary amides is 1. The fourth-order valence-corrected chi connectivity index (χ4v) is 4.95. The maximum atomic E-state index is 11.8. The van der Waals surface area contributed by atoms with E-state index in [1.165, 1.54) is 17.5 Å². The summed E-state index contributed by atoms with van der Waals surface area (Å²) in [4.78, 5) is 17.3. The smallest absolute Gasteiger partial charge is 0.251 e. The van der Waals surface area contributed by atoms with Crippen LogP contribution in [0, 0.1) is 0 Å². The van der Waals surface area contributed by atoms with Crippen LogP contribution in [0.2, 0.25) is 0 Å². The van der Waals surface area contributed by atoms with Gasteiger partial charge < -0.3 is 21.5 Å². The van der Waals surface area contributed by atoms with Gasteiger partial charge in [-0.25, -0.2) is 4.98 Å². The van der Waals surface area contributed by atoms with Gasteiger partial charge >= 0.3 is 0 Å². The number of aromatic nitrogens is 1. The average molecular weight is 374 g/mol. The first-order valence-corrected chi connectivity index (χ1v) is 9.79. The molecular weight excluding hydrogens is 356 g/mol. The first-order chi connectivity index (χ1) is 12.1. The van der Waals surface area contributed by atoms with Crippen LogP contribution in [0.1, 0.15) is 16.8 Å². The number of β-amino-alcohol motifs (C(OH)–C–C–N with tert-alkyl or cyclic N) is 1. The first kappa shape index (κ1) is 16.5. The number of nitrogens with two attached hydrogens (primary N) is 1. The Morgan fingerprint density at radius 2 is 2.36 bits per heavy atom. The van der Waals surface area contributed by atoms with Gasteiger partial charge in [-0.15, -0.1) is 11.3 Å². The maximum Gasteiger partial charge on any atom is 0.251 e. The molecule has 0 spiro atoms. The molecule has 0 radical (unpaired) electrons. The van der Waals surface area contributed by atoms with Gasteiger partial charge in [0.05, 0.1) is 22.4 Å². The molecule has 0 aliphatic carbocycles. The van der Waals surface area contributed by atoms with Crippen molar-refractivity contribution in [2.75, 3.05) is 18.4 Å². The zero-order chi connectivity index (χ0) is 17.4. The highest BCUT2D eigenvalue weighted by molar-refractivity contribution is 7.23. The van der Waals surface area contributed by atoms with Crippen LogP contribution in [0.4, 0.5) is 5.82 Å². The number of carbonyl (C=O) groups excluding carboxylic acids is 1. The van der Waals surface area contributed by atoms with E-state index >= 15 is 0 Å². The van der Waals surface area contributed by atoms with Crippen molar-refractivity contribution in [2.45, 2.75) is 18.6 Å². The first-order valence-electron chi connectivity index (χ1n) is 8.03. The number of nitrogens with zero attached hydrogens (tertiary/aromatic N) is 1. The number of aliphatic hydroxyl groups excluding tert-OH is 1. The van der Waals surface area contributed by atoms with E-state index in [9.17, 15) is 9.90 Å². The van der Waals surface area contributed by atoms with Crippen molar-refractivity contribution < 1.29 is 9.90 Å². The van der Waals surface area contributed by atoms with E-state index < -0.39 is 12.0 Å². The molecule has 0 saturated carbocycles. The Hall–Kier alpha value is -2.00. The molecule has 2 unspecified atom stereocenters. The van der Waals surface area contributed by atoms with E-state index in [1.54, 1.807) is 11.3 Å². The summed E-state index contributed by atoms with van der Waals surface area (Å²) in [6, 6.07) is 4.02. The van der Waals surface area contributed by atoms with Gasteiger partial charge in [-0.3, -0.25) is 4.79 Å². The molecule has 4 heterocycles. The summed E-state index contributed by atoms with van der Waals surface area (Å²) in [5.41, 5.74) is 7.07. The van der Waals surface area contributed by atoms with Crippen molar-refractivity contribution in [3.05, 3.63) is 34.7 Å². The number of hydrogen-bond acceptors (Lipinski definition) is 7. The van der Waals surface area contributed by atoms with Crippen LogP contribution in [0.25, 0.3) is 20.5 Å². The van der Waals surface area contributed by atoms with Crippen LogP contribution < -0.4 is 16.4 Å². The Bertz CT molecular complexity index is 907. The molecule has 1 fully saturated rings. The van der Waals surface area contributed by atoms with E-state index in [0.717, 1.165) is 33.5 Å². The zero-order valence-corrected chi connectivity index (χ0v) is 15.0. The number of hydrogen-bond donors (Lipinski definition) is 4. The lowest BCUT2D eigenvalue weighted by molar-refractivity contribution is 0.100. The largest absolute Gasteiger partial charge is 0.390 e. The number of thiophene rings is 2. The second-order valence-corrected chi connectivity index (χ2v) is 7.89. The third-order valence-electron chi connectivity index (χ3n) is 4.40. The summed E-state index contributed by atoms with van der Waals surface area (Å²) in [5.74, 6) is 0.202. The predicted octanol–water partition coefficient (Wildman–Crippen LogP) is 2.26. The molecule has 1 saturated heterocycles. The van der Waals surface area contributed by atoms with Gasteiger partial charge in [0.1, 0.15) is 5.82 Å². The lowest BCUT2D eigenvalue weighted by Crippen LogP contribution is -2.47. The number of fused-ring (bicyclic) bond motifs is 1. The number of carbonyl (C=O) groups is 1. The van der Waals surface area contributed by atoms with Gasteiger partial charge in [0.25, 0.3) is 5.91 Å². The molecular formula is C17H18N4O2S2. The van der Waals surface area contributed by atoms with Gasteiger partial charge in [-0.2, -0.15) is 11.3 Å². The minimum atomic E-state index is -0.482. The number of nitrogens with one attached hydrogen (secondary N) is 2. The molecule has 4 rings (SSSR count). The molecule has 8 heteroatoms. The maximum absolute atomic E-state index is 11.8. The lowest BCUT2D eigenvalue weighted by atomic mass is 10.0. The number of anilines is 1. The third-order valence-corrected chi connectivity index (χ3v) is 6.30. The van der Waals surface area contributed by atoms with Crippen LogP contribution >= 0.6 is 22.7 Å². The van der Waals surface area contributed by atoms with E-state index in [1.807, 2.05) is 11.4 Å². The summed E-state index contributed by atoms with van der Waals surface area (Å²) < 4.78 is 0.828.